The highest BCUT2D eigenvalue weighted by molar-refractivity contribution is 5.89. The number of rotatable bonds is 7. The van der Waals surface area contributed by atoms with E-state index in [1.807, 2.05) is 25.1 Å². The molecule has 0 bridgehead atoms. The number of urea groups is 1. The van der Waals surface area contributed by atoms with E-state index in [-0.39, 0.29) is 6.03 Å². The van der Waals surface area contributed by atoms with Crippen LogP contribution in [0, 0.1) is 0 Å². The van der Waals surface area contributed by atoms with Crippen molar-refractivity contribution in [1.82, 2.24) is 4.90 Å². The molecule has 106 valence electrons. The summed E-state index contributed by atoms with van der Waals surface area (Å²) in [5, 5.41) is 2.86. The second-order valence-corrected chi connectivity index (χ2v) is 4.14. The summed E-state index contributed by atoms with van der Waals surface area (Å²) in [7, 11) is 3.23. The van der Waals surface area contributed by atoms with Crippen LogP contribution in [0.15, 0.2) is 24.3 Å². The molecule has 1 aromatic carbocycles. The van der Waals surface area contributed by atoms with E-state index in [0.29, 0.717) is 19.7 Å². The third kappa shape index (κ3) is 5.18. The maximum atomic E-state index is 12.1. The lowest BCUT2D eigenvalue weighted by Crippen LogP contribution is -2.37. The van der Waals surface area contributed by atoms with Gasteiger partial charge < -0.3 is 19.7 Å². The molecule has 0 aliphatic carbocycles. The summed E-state index contributed by atoms with van der Waals surface area (Å²) in [6.45, 7) is 3.86. The quantitative estimate of drug-likeness (QED) is 0.825. The summed E-state index contributed by atoms with van der Waals surface area (Å²) >= 11 is 0. The minimum absolute atomic E-state index is 0.118. The molecule has 0 heterocycles. The van der Waals surface area contributed by atoms with E-state index in [1.165, 1.54) is 0 Å². The van der Waals surface area contributed by atoms with E-state index in [2.05, 4.69) is 5.32 Å². The van der Waals surface area contributed by atoms with Crippen LogP contribution < -0.4 is 10.1 Å². The van der Waals surface area contributed by atoms with Gasteiger partial charge in [0.25, 0.3) is 0 Å². The Bertz CT molecular complexity index is 396. The molecule has 0 saturated carbocycles. The Morgan fingerprint density at radius 1 is 1.32 bits per heavy atom. The van der Waals surface area contributed by atoms with Crippen LogP contribution in [0.5, 0.6) is 5.75 Å². The predicted molar refractivity (Wildman–Crippen MR) is 75.8 cm³/mol. The van der Waals surface area contributed by atoms with Crippen molar-refractivity contribution in [3.63, 3.8) is 0 Å². The first-order chi connectivity index (χ1) is 9.21. The van der Waals surface area contributed by atoms with Crippen LogP contribution in [-0.4, -0.2) is 44.8 Å². The van der Waals surface area contributed by atoms with Crippen LogP contribution in [0.3, 0.4) is 0 Å². The smallest absolute Gasteiger partial charge is 0.321 e. The molecular weight excluding hydrogens is 244 g/mol. The van der Waals surface area contributed by atoms with Crippen molar-refractivity contribution in [3.8, 4) is 5.75 Å². The Balaban J connectivity index is 2.63. The van der Waals surface area contributed by atoms with E-state index >= 15 is 0 Å². The molecule has 0 spiro atoms. The molecule has 0 saturated heterocycles. The molecule has 1 rings (SSSR count). The van der Waals surface area contributed by atoms with Gasteiger partial charge in [0.1, 0.15) is 5.75 Å². The Morgan fingerprint density at radius 3 is 2.74 bits per heavy atom. The number of amides is 2. The second kappa shape index (κ2) is 8.37. The minimum atomic E-state index is -0.118. The first-order valence-corrected chi connectivity index (χ1v) is 6.40. The lowest BCUT2D eigenvalue weighted by atomic mass is 10.3. The molecule has 0 atom stereocenters. The molecule has 2 amide bonds. The predicted octanol–water partition coefficient (Wildman–Crippen LogP) is 2.59. The number of hydrogen-bond acceptors (Lipinski definition) is 3. The monoisotopic (exact) mass is 266 g/mol. The van der Waals surface area contributed by atoms with E-state index in [0.717, 1.165) is 17.9 Å². The molecule has 0 aliphatic heterocycles. The van der Waals surface area contributed by atoms with Gasteiger partial charge in [0.15, 0.2) is 0 Å². The van der Waals surface area contributed by atoms with Crippen molar-refractivity contribution >= 4 is 11.7 Å². The highest BCUT2D eigenvalue weighted by Crippen LogP contribution is 2.17. The lowest BCUT2D eigenvalue weighted by Gasteiger charge is -2.22. The van der Waals surface area contributed by atoms with Crippen molar-refractivity contribution in [2.45, 2.75) is 13.3 Å². The number of methoxy groups -OCH3 is 2. The number of hydrogen-bond donors (Lipinski definition) is 1. The zero-order chi connectivity index (χ0) is 14.1. The molecule has 0 aliphatic rings. The molecule has 19 heavy (non-hydrogen) atoms. The third-order valence-electron chi connectivity index (χ3n) is 2.67. The molecule has 5 heteroatoms. The largest absolute Gasteiger partial charge is 0.497 e. The SMILES string of the molecule is CCCN(CCOC)C(=O)Nc1cccc(OC)c1. The summed E-state index contributed by atoms with van der Waals surface area (Å²) in [5.74, 6) is 0.719. The maximum Gasteiger partial charge on any atom is 0.321 e. The Morgan fingerprint density at radius 2 is 2.11 bits per heavy atom. The summed E-state index contributed by atoms with van der Waals surface area (Å²) in [6.07, 6.45) is 0.912. The standard InChI is InChI=1S/C14H22N2O3/c1-4-8-16(9-10-18-2)14(17)15-12-6-5-7-13(11-12)19-3/h5-7,11H,4,8-10H2,1-3H3,(H,15,17). The molecule has 0 radical (unpaired) electrons. The molecular formula is C14H22N2O3. The van der Waals surface area contributed by atoms with E-state index < -0.39 is 0 Å². The molecule has 0 aromatic heterocycles. The molecule has 1 aromatic rings. The van der Waals surface area contributed by atoms with Crippen molar-refractivity contribution in [2.75, 3.05) is 39.2 Å². The van der Waals surface area contributed by atoms with Gasteiger partial charge in [-0.25, -0.2) is 4.79 Å². The summed E-state index contributed by atoms with van der Waals surface area (Å²) in [4.78, 5) is 13.9. The molecule has 0 fully saturated rings. The first-order valence-electron chi connectivity index (χ1n) is 6.40. The van der Waals surface area contributed by atoms with Crippen molar-refractivity contribution in [3.05, 3.63) is 24.3 Å². The number of benzene rings is 1. The zero-order valence-corrected chi connectivity index (χ0v) is 11.8. The minimum Gasteiger partial charge on any atom is -0.497 e. The van der Waals surface area contributed by atoms with E-state index in [9.17, 15) is 4.79 Å². The zero-order valence-electron chi connectivity index (χ0n) is 11.8. The van der Waals surface area contributed by atoms with E-state index in [4.69, 9.17) is 9.47 Å². The third-order valence-corrected chi connectivity index (χ3v) is 2.67. The Hall–Kier alpha value is -1.75. The fourth-order valence-electron chi connectivity index (χ4n) is 1.69. The Labute approximate surface area is 114 Å². The van der Waals surface area contributed by atoms with Crippen LogP contribution in [-0.2, 0) is 4.74 Å². The number of carbonyl (C=O) groups excluding carboxylic acids is 1. The summed E-state index contributed by atoms with van der Waals surface area (Å²) < 4.78 is 10.1. The average Bonchev–Trinajstić information content (AvgIpc) is 2.43. The van der Waals surface area contributed by atoms with Crippen molar-refractivity contribution in [2.24, 2.45) is 0 Å². The number of ether oxygens (including phenoxy) is 2. The maximum absolute atomic E-state index is 12.1. The van der Waals surface area contributed by atoms with Gasteiger partial charge in [0.05, 0.1) is 13.7 Å². The number of nitrogens with one attached hydrogen (secondary N) is 1. The fourth-order valence-corrected chi connectivity index (χ4v) is 1.69. The van der Waals surface area contributed by atoms with Gasteiger partial charge in [-0.05, 0) is 18.6 Å². The number of nitrogens with zero attached hydrogens (tertiary/aromatic N) is 1. The molecule has 0 unspecified atom stereocenters. The first kappa shape index (κ1) is 15.3. The highest BCUT2D eigenvalue weighted by Gasteiger charge is 2.12. The molecule has 1 N–H and O–H groups in total. The van der Waals surface area contributed by atoms with Gasteiger partial charge in [-0.15, -0.1) is 0 Å². The lowest BCUT2D eigenvalue weighted by molar-refractivity contribution is 0.155. The van der Waals surface area contributed by atoms with Gasteiger partial charge in [0, 0.05) is 32.0 Å². The van der Waals surface area contributed by atoms with Gasteiger partial charge in [0.2, 0.25) is 0 Å². The van der Waals surface area contributed by atoms with Gasteiger partial charge in [-0.3, -0.25) is 0 Å². The number of anilines is 1. The summed E-state index contributed by atoms with van der Waals surface area (Å²) in [5.41, 5.74) is 0.725. The topological polar surface area (TPSA) is 50.8 Å². The highest BCUT2D eigenvalue weighted by atomic mass is 16.5. The van der Waals surface area contributed by atoms with E-state index in [1.54, 1.807) is 25.2 Å². The second-order valence-electron chi connectivity index (χ2n) is 4.14. The van der Waals surface area contributed by atoms with Crippen LogP contribution in [0.1, 0.15) is 13.3 Å². The number of carbonyl (C=O) groups is 1. The Kier molecular flexibility index (Phi) is 6.74. The average molecular weight is 266 g/mol. The van der Waals surface area contributed by atoms with Crippen molar-refractivity contribution < 1.29 is 14.3 Å². The summed E-state index contributed by atoms with van der Waals surface area (Å²) in [6, 6.07) is 7.18. The van der Waals surface area contributed by atoms with Gasteiger partial charge in [-0.2, -0.15) is 0 Å². The van der Waals surface area contributed by atoms with Gasteiger partial charge >= 0.3 is 6.03 Å². The van der Waals surface area contributed by atoms with Crippen LogP contribution in [0.2, 0.25) is 0 Å². The van der Waals surface area contributed by atoms with Crippen LogP contribution in [0.25, 0.3) is 0 Å². The molecule has 5 nitrogen and oxygen atoms in total. The van der Waals surface area contributed by atoms with Crippen molar-refractivity contribution in [1.29, 1.82) is 0 Å². The fraction of sp³-hybridized carbons (Fsp3) is 0.500. The van der Waals surface area contributed by atoms with Gasteiger partial charge in [-0.1, -0.05) is 13.0 Å². The van der Waals surface area contributed by atoms with Crippen LogP contribution in [0.4, 0.5) is 10.5 Å². The normalized spacial score (nSPS) is 10.1. The van der Waals surface area contributed by atoms with Crippen LogP contribution >= 0.6 is 0 Å².